The van der Waals surface area contributed by atoms with Crippen molar-refractivity contribution in [2.45, 2.75) is 19.9 Å². The van der Waals surface area contributed by atoms with Gasteiger partial charge in [-0.25, -0.2) is 9.97 Å². The maximum absolute atomic E-state index is 13.0. The van der Waals surface area contributed by atoms with Crippen molar-refractivity contribution >= 4 is 34.4 Å². The summed E-state index contributed by atoms with van der Waals surface area (Å²) in [5.74, 6) is 0.782. The summed E-state index contributed by atoms with van der Waals surface area (Å²) in [6, 6.07) is 34.5. The number of aromatic nitrogens is 2. The van der Waals surface area contributed by atoms with E-state index in [-0.39, 0.29) is 5.91 Å². The summed E-state index contributed by atoms with van der Waals surface area (Å²) in [7, 11) is 0. The Balaban J connectivity index is 1.39. The van der Waals surface area contributed by atoms with Crippen LogP contribution < -0.4 is 5.32 Å². The Morgan fingerprint density at radius 1 is 0.842 bits per heavy atom. The molecule has 5 nitrogen and oxygen atoms in total. The number of anilines is 2. The molecule has 0 aliphatic carbocycles. The van der Waals surface area contributed by atoms with Gasteiger partial charge in [-0.2, -0.15) is 0 Å². The largest absolute Gasteiger partial charge is 0.340 e. The fraction of sp³-hybridized carbons (Fsp3) is 0.121. The lowest BCUT2D eigenvalue weighted by atomic mass is 10.0. The van der Waals surface area contributed by atoms with Crippen molar-refractivity contribution in [3.8, 4) is 11.1 Å². The summed E-state index contributed by atoms with van der Waals surface area (Å²) in [5, 5.41) is 4.36. The number of carbonyl (C=O) groups excluding carboxylic acids is 1. The molecule has 5 heteroatoms. The first-order valence-electron chi connectivity index (χ1n) is 12.9. The molecule has 38 heavy (non-hydrogen) atoms. The Hall–Kier alpha value is -4.77. The molecule has 5 aromatic rings. The zero-order valence-electron chi connectivity index (χ0n) is 21.4. The molecule has 0 aliphatic heterocycles. The third-order valence-electron chi connectivity index (χ3n) is 6.33. The maximum atomic E-state index is 13.0. The third-order valence-corrected chi connectivity index (χ3v) is 6.33. The van der Waals surface area contributed by atoms with Gasteiger partial charge in [0.15, 0.2) is 0 Å². The number of hydrogen-bond acceptors (Lipinski definition) is 4. The summed E-state index contributed by atoms with van der Waals surface area (Å²) >= 11 is 0. The standard InChI is InChI=1S/C33H30N4O/c1-2-20-37(32(38)19-16-25-10-5-3-6-11-25)23-26-12-9-13-27(21-26)28-17-18-31-30(22-28)33(35-24-34-31)36-29-14-7-4-8-15-29/h3-19,21-22,24H,2,20,23H2,1H3,(H,34,35,36). The molecule has 4 aromatic carbocycles. The van der Waals surface area contributed by atoms with Crippen molar-refractivity contribution in [2.24, 2.45) is 0 Å². The summed E-state index contributed by atoms with van der Waals surface area (Å²) in [6.45, 7) is 3.34. The van der Waals surface area contributed by atoms with Crippen molar-refractivity contribution in [2.75, 3.05) is 11.9 Å². The first kappa shape index (κ1) is 24.9. The minimum atomic E-state index is 0.0144. The van der Waals surface area contributed by atoms with Crippen LogP contribution in [0.5, 0.6) is 0 Å². The highest BCUT2D eigenvalue weighted by Gasteiger charge is 2.12. The van der Waals surface area contributed by atoms with Gasteiger partial charge in [0.25, 0.3) is 0 Å². The van der Waals surface area contributed by atoms with E-state index in [1.165, 1.54) is 0 Å². The van der Waals surface area contributed by atoms with Crippen LogP contribution in [0.25, 0.3) is 28.1 Å². The molecular weight excluding hydrogens is 468 g/mol. The smallest absolute Gasteiger partial charge is 0.246 e. The molecule has 0 aliphatic rings. The van der Waals surface area contributed by atoms with E-state index in [9.17, 15) is 4.79 Å². The highest BCUT2D eigenvalue weighted by Crippen LogP contribution is 2.29. The monoisotopic (exact) mass is 498 g/mol. The molecule has 0 unspecified atom stereocenters. The Morgan fingerprint density at radius 2 is 1.61 bits per heavy atom. The van der Waals surface area contributed by atoms with Crippen LogP contribution >= 0.6 is 0 Å². The second kappa shape index (κ2) is 12.0. The number of nitrogens with one attached hydrogen (secondary N) is 1. The second-order valence-corrected chi connectivity index (χ2v) is 9.15. The van der Waals surface area contributed by atoms with Gasteiger partial charge in [0.2, 0.25) is 5.91 Å². The van der Waals surface area contributed by atoms with E-state index in [2.05, 4.69) is 52.5 Å². The zero-order valence-corrected chi connectivity index (χ0v) is 21.4. The Bertz CT molecular complexity index is 1550. The van der Waals surface area contributed by atoms with Crippen LogP contribution in [0.2, 0.25) is 0 Å². The minimum absolute atomic E-state index is 0.0144. The molecule has 0 bridgehead atoms. The molecule has 188 valence electrons. The van der Waals surface area contributed by atoms with E-state index in [1.54, 1.807) is 12.4 Å². The average molecular weight is 499 g/mol. The summed E-state index contributed by atoms with van der Waals surface area (Å²) in [5.41, 5.74) is 6.11. The topological polar surface area (TPSA) is 58.1 Å². The van der Waals surface area contributed by atoms with Crippen LogP contribution in [0.1, 0.15) is 24.5 Å². The normalized spacial score (nSPS) is 11.1. The quantitative estimate of drug-likeness (QED) is 0.214. The molecule has 1 aromatic heterocycles. The average Bonchev–Trinajstić information content (AvgIpc) is 2.97. The molecule has 0 fully saturated rings. The molecule has 1 heterocycles. The van der Waals surface area contributed by atoms with Crippen molar-refractivity contribution < 1.29 is 4.79 Å². The SMILES string of the molecule is CCCN(Cc1cccc(-c2ccc3ncnc(Nc4ccccc4)c3c2)c1)C(=O)C=Cc1ccccc1. The lowest BCUT2D eigenvalue weighted by molar-refractivity contribution is -0.126. The van der Waals surface area contributed by atoms with Crippen LogP contribution in [0.3, 0.4) is 0 Å². The third kappa shape index (κ3) is 6.13. The van der Waals surface area contributed by atoms with Crippen LogP contribution in [-0.2, 0) is 11.3 Å². The highest BCUT2D eigenvalue weighted by atomic mass is 16.2. The van der Waals surface area contributed by atoms with E-state index >= 15 is 0 Å². The molecule has 0 saturated heterocycles. The number of fused-ring (bicyclic) bond motifs is 1. The molecular formula is C33H30N4O. The number of carbonyl (C=O) groups is 1. The summed E-state index contributed by atoms with van der Waals surface area (Å²) in [4.78, 5) is 23.9. The van der Waals surface area contributed by atoms with Crippen molar-refractivity contribution in [3.05, 3.63) is 127 Å². The van der Waals surface area contributed by atoms with E-state index in [1.807, 2.05) is 83.8 Å². The maximum Gasteiger partial charge on any atom is 0.246 e. The molecule has 1 amide bonds. The number of rotatable bonds is 9. The van der Waals surface area contributed by atoms with Gasteiger partial charge in [-0.1, -0.05) is 79.7 Å². The predicted octanol–water partition coefficient (Wildman–Crippen LogP) is 7.49. The molecule has 0 saturated carbocycles. The van der Waals surface area contributed by atoms with Crippen molar-refractivity contribution in [1.29, 1.82) is 0 Å². The Morgan fingerprint density at radius 3 is 2.39 bits per heavy atom. The Kier molecular flexibility index (Phi) is 7.85. The van der Waals surface area contributed by atoms with Gasteiger partial charge in [-0.3, -0.25) is 4.79 Å². The molecule has 0 radical (unpaired) electrons. The second-order valence-electron chi connectivity index (χ2n) is 9.15. The molecule has 5 rings (SSSR count). The van der Waals surface area contributed by atoms with Crippen molar-refractivity contribution in [3.63, 3.8) is 0 Å². The fourth-order valence-electron chi connectivity index (χ4n) is 4.44. The van der Waals surface area contributed by atoms with E-state index < -0.39 is 0 Å². The molecule has 1 N–H and O–H groups in total. The lowest BCUT2D eigenvalue weighted by Crippen LogP contribution is -2.29. The van der Waals surface area contributed by atoms with Gasteiger partial charge in [0.1, 0.15) is 12.1 Å². The van der Waals surface area contributed by atoms with E-state index in [4.69, 9.17) is 0 Å². The van der Waals surface area contributed by atoms with Crippen LogP contribution in [-0.4, -0.2) is 27.3 Å². The number of hydrogen-bond donors (Lipinski definition) is 1. The minimum Gasteiger partial charge on any atom is -0.340 e. The van der Waals surface area contributed by atoms with Gasteiger partial charge in [-0.05, 0) is 65.1 Å². The van der Waals surface area contributed by atoms with Crippen LogP contribution in [0.4, 0.5) is 11.5 Å². The number of para-hydroxylation sites is 1. The first-order chi connectivity index (χ1) is 18.7. The van der Waals surface area contributed by atoms with Crippen molar-refractivity contribution in [1.82, 2.24) is 14.9 Å². The molecule has 0 spiro atoms. The number of amides is 1. The predicted molar refractivity (Wildman–Crippen MR) is 156 cm³/mol. The van der Waals surface area contributed by atoms with Gasteiger partial charge in [-0.15, -0.1) is 0 Å². The number of benzene rings is 4. The lowest BCUT2D eigenvalue weighted by Gasteiger charge is -2.21. The number of nitrogens with zero attached hydrogens (tertiary/aromatic N) is 3. The first-order valence-corrected chi connectivity index (χ1v) is 12.9. The van der Waals surface area contributed by atoms with E-state index in [0.717, 1.165) is 51.1 Å². The molecule has 0 atom stereocenters. The zero-order chi connectivity index (χ0) is 26.2. The summed E-state index contributed by atoms with van der Waals surface area (Å²) < 4.78 is 0. The van der Waals surface area contributed by atoms with Crippen LogP contribution in [0.15, 0.2) is 116 Å². The van der Waals surface area contributed by atoms with Gasteiger partial charge >= 0.3 is 0 Å². The van der Waals surface area contributed by atoms with Gasteiger partial charge < -0.3 is 10.2 Å². The van der Waals surface area contributed by atoms with Gasteiger partial charge in [0, 0.05) is 30.2 Å². The summed E-state index contributed by atoms with van der Waals surface area (Å²) in [6.07, 6.45) is 6.02. The van der Waals surface area contributed by atoms with E-state index in [0.29, 0.717) is 13.1 Å². The van der Waals surface area contributed by atoms with Gasteiger partial charge in [0.05, 0.1) is 5.52 Å². The Labute approximate surface area is 223 Å². The van der Waals surface area contributed by atoms with Crippen LogP contribution in [0, 0.1) is 0 Å². The highest BCUT2D eigenvalue weighted by molar-refractivity contribution is 5.94. The fourth-order valence-corrected chi connectivity index (χ4v) is 4.44.